The Morgan fingerprint density at radius 2 is 2.12 bits per heavy atom. The third-order valence-corrected chi connectivity index (χ3v) is 5.49. The summed E-state index contributed by atoms with van der Waals surface area (Å²) in [4.78, 5) is 12.0. The SMILES string of the molecule is CC1NCCC1C(=O)NC1CCCS(=O)(=O)C1. The maximum atomic E-state index is 12.0. The van der Waals surface area contributed by atoms with Crippen molar-refractivity contribution >= 4 is 15.7 Å². The van der Waals surface area contributed by atoms with Crippen LogP contribution in [0.5, 0.6) is 0 Å². The van der Waals surface area contributed by atoms with Gasteiger partial charge in [0.1, 0.15) is 0 Å². The maximum Gasteiger partial charge on any atom is 0.224 e. The van der Waals surface area contributed by atoms with Crippen LogP contribution in [0.3, 0.4) is 0 Å². The van der Waals surface area contributed by atoms with Crippen molar-refractivity contribution in [2.24, 2.45) is 5.92 Å². The third-order valence-electron chi connectivity index (χ3n) is 3.67. The van der Waals surface area contributed by atoms with E-state index in [4.69, 9.17) is 0 Å². The summed E-state index contributed by atoms with van der Waals surface area (Å²) < 4.78 is 22.9. The van der Waals surface area contributed by atoms with Crippen molar-refractivity contribution in [3.8, 4) is 0 Å². The molecule has 0 aromatic rings. The predicted molar refractivity (Wildman–Crippen MR) is 65.4 cm³/mol. The fourth-order valence-corrected chi connectivity index (χ4v) is 4.30. The van der Waals surface area contributed by atoms with Crippen LogP contribution in [0.15, 0.2) is 0 Å². The molecule has 2 fully saturated rings. The van der Waals surface area contributed by atoms with E-state index < -0.39 is 9.84 Å². The van der Waals surface area contributed by atoms with Crippen LogP contribution in [-0.4, -0.2) is 44.5 Å². The highest BCUT2D eigenvalue weighted by Gasteiger charge is 2.32. The van der Waals surface area contributed by atoms with Gasteiger partial charge in [0, 0.05) is 12.1 Å². The zero-order valence-corrected chi connectivity index (χ0v) is 10.9. The van der Waals surface area contributed by atoms with Crippen LogP contribution in [0.2, 0.25) is 0 Å². The lowest BCUT2D eigenvalue weighted by Gasteiger charge is -2.25. The molecule has 0 aromatic heterocycles. The minimum atomic E-state index is -2.94. The molecule has 2 N–H and O–H groups in total. The van der Waals surface area contributed by atoms with Gasteiger partial charge in [0.25, 0.3) is 0 Å². The first-order chi connectivity index (χ1) is 7.98. The Bertz CT molecular complexity index is 394. The quantitative estimate of drug-likeness (QED) is 0.713. The summed E-state index contributed by atoms with van der Waals surface area (Å²) in [6, 6.07) is 0.00393. The minimum Gasteiger partial charge on any atom is -0.352 e. The molecule has 0 radical (unpaired) electrons. The molecule has 6 heteroatoms. The Kier molecular flexibility index (Phi) is 3.73. The van der Waals surface area contributed by atoms with E-state index in [1.54, 1.807) is 0 Å². The Morgan fingerprint density at radius 1 is 1.35 bits per heavy atom. The van der Waals surface area contributed by atoms with Gasteiger partial charge >= 0.3 is 0 Å². The molecular formula is C11H20N2O3S. The van der Waals surface area contributed by atoms with E-state index in [2.05, 4.69) is 10.6 Å². The van der Waals surface area contributed by atoms with Gasteiger partial charge in [-0.1, -0.05) is 0 Å². The highest BCUT2D eigenvalue weighted by atomic mass is 32.2. The molecule has 0 spiro atoms. The van der Waals surface area contributed by atoms with Crippen molar-refractivity contribution in [1.29, 1.82) is 0 Å². The van der Waals surface area contributed by atoms with Crippen molar-refractivity contribution in [3.63, 3.8) is 0 Å². The predicted octanol–water partition coefficient (Wildman–Crippen LogP) is -0.322. The van der Waals surface area contributed by atoms with Gasteiger partial charge in [-0.3, -0.25) is 4.79 Å². The van der Waals surface area contributed by atoms with Gasteiger partial charge in [0.2, 0.25) is 5.91 Å². The van der Waals surface area contributed by atoms with E-state index >= 15 is 0 Å². The number of nitrogens with one attached hydrogen (secondary N) is 2. The number of carbonyl (C=O) groups excluding carboxylic acids is 1. The number of sulfone groups is 1. The van der Waals surface area contributed by atoms with Crippen LogP contribution in [0.1, 0.15) is 26.2 Å². The monoisotopic (exact) mass is 260 g/mol. The van der Waals surface area contributed by atoms with E-state index in [9.17, 15) is 13.2 Å². The van der Waals surface area contributed by atoms with E-state index in [0.29, 0.717) is 6.42 Å². The van der Waals surface area contributed by atoms with Crippen LogP contribution in [-0.2, 0) is 14.6 Å². The van der Waals surface area contributed by atoms with Crippen molar-refractivity contribution in [3.05, 3.63) is 0 Å². The first kappa shape index (κ1) is 12.8. The Balaban J connectivity index is 1.90. The first-order valence-corrected chi connectivity index (χ1v) is 8.04. The Labute approximate surface area is 102 Å². The van der Waals surface area contributed by atoms with Crippen molar-refractivity contribution < 1.29 is 13.2 Å². The molecule has 3 unspecified atom stereocenters. The lowest BCUT2D eigenvalue weighted by atomic mass is 10.0. The van der Waals surface area contributed by atoms with Gasteiger partial charge in [-0.15, -0.1) is 0 Å². The fraction of sp³-hybridized carbons (Fsp3) is 0.909. The largest absolute Gasteiger partial charge is 0.352 e. The molecule has 17 heavy (non-hydrogen) atoms. The Hall–Kier alpha value is -0.620. The van der Waals surface area contributed by atoms with Crippen LogP contribution in [0.4, 0.5) is 0 Å². The summed E-state index contributed by atoms with van der Waals surface area (Å²) in [6.07, 6.45) is 2.28. The van der Waals surface area contributed by atoms with Gasteiger partial charge < -0.3 is 10.6 Å². The zero-order valence-electron chi connectivity index (χ0n) is 10.1. The topological polar surface area (TPSA) is 75.3 Å². The molecular weight excluding hydrogens is 240 g/mol. The first-order valence-electron chi connectivity index (χ1n) is 6.22. The lowest BCUT2D eigenvalue weighted by Crippen LogP contribution is -2.47. The summed E-state index contributed by atoms with van der Waals surface area (Å²) >= 11 is 0. The molecule has 0 bridgehead atoms. The molecule has 3 atom stereocenters. The second-order valence-corrected chi connectivity index (χ2v) is 7.33. The molecule has 0 aliphatic carbocycles. The molecule has 1 amide bonds. The average molecular weight is 260 g/mol. The maximum absolute atomic E-state index is 12.0. The van der Waals surface area contributed by atoms with E-state index in [1.165, 1.54) is 0 Å². The smallest absolute Gasteiger partial charge is 0.224 e. The van der Waals surface area contributed by atoms with Gasteiger partial charge in [0.05, 0.1) is 17.4 Å². The molecule has 98 valence electrons. The fourth-order valence-electron chi connectivity index (χ4n) is 2.66. The minimum absolute atomic E-state index is 0.00426. The number of amides is 1. The highest BCUT2D eigenvalue weighted by molar-refractivity contribution is 7.91. The lowest BCUT2D eigenvalue weighted by molar-refractivity contribution is -0.125. The summed E-state index contributed by atoms with van der Waals surface area (Å²) in [6.45, 7) is 2.86. The molecule has 5 nitrogen and oxygen atoms in total. The van der Waals surface area contributed by atoms with Gasteiger partial charge in [-0.25, -0.2) is 8.42 Å². The van der Waals surface area contributed by atoms with E-state index in [0.717, 1.165) is 19.4 Å². The van der Waals surface area contributed by atoms with E-state index in [1.807, 2.05) is 6.92 Å². The molecule has 2 aliphatic heterocycles. The molecule has 0 aromatic carbocycles. The van der Waals surface area contributed by atoms with Crippen molar-refractivity contribution in [2.45, 2.75) is 38.3 Å². The molecule has 2 rings (SSSR count). The second kappa shape index (κ2) is 4.94. The standard InChI is InChI=1S/C11H20N2O3S/c1-8-10(4-5-12-8)11(14)13-9-3-2-6-17(15,16)7-9/h8-10,12H,2-7H2,1H3,(H,13,14). The summed E-state index contributed by atoms with van der Waals surface area (Å²) in [5.41, 5.74) is 0. The van der Waals surface area contributed by atoms with Crippen LogP contribution in [0, 0.1) is 5.92 Å². The van der Waals surface area contributed by atoms with Gasteiger partial charge in [0.15, 0.2) is 9.84 Å². The molecule has 0 saturated carbocycles. The summed E-state index contributed by atoms with van der Waals surface area (Å²) in [5.74, 6) is 0.359. The third kappa shape index (κ3) is 3.19. The molecule has 2 heterocycles. The van der Waals surface area contributed by atoms with Gasteiger partial charge in [-0.2, -0.15) is 0 Å². The van der Waals surface area contributed by atoms with Crippen LogP contribution in [0.25, 0.3) is 0 Å². The number of carbonyl (C=O) groups is 1. The van der Waals surface area contributed by atoms with Crippen molar-refractivity contribution in [2.75, 3.05) is 18.1 Å². The number of rotatable bonds is 2. The summed E-state index contributed by atoms with van der Waals surface area (Å²) in [5, 5.41) is 6.11. The average Bonchev–Trinajstić information content (AvgIpc) is 2.62. The van der Waals surface area contributed by atoms with E-state index in [-0.39, 0.29) is 35.4 Å². The normalized spacial score (nSPS) is 36.6. The van der Waals surface area contributed by atoms with Crippen LogP contribution >= 0.6 is 0 Å². The highest BCUT2D eigenvalue weighted by Crippen LogP contribution is 2.17. The van der Waals surface area contributed by atoms with Crippen molar-refractivity contribution in [1.82, 2.24) is 10.6 Å². The van der Waals surface area contributed by atoms with Crippen LogP contribution < -0.4 is 10.6 Å². The second-order valence-electron chi connectivity index (χ2n) is 5.10. The van der Waals surface area contributed by atoms with Gasteiger partial charge in [-0.05, 0) is 32.7 Å². The number of hydrogen-bond acceptors (Lipinski definition) is 4. The molecule has 2 saturated heterocycles. The number of hydrogen-bond donors (Lipinski definition) is 2. The summed E-state index contributed by atoms with van der Waals surface area (Å²) in [7, 11) is -2.94. The zero-order chi connectivity index (χ0) is 12.5. The molecule has 2 aliphatic rings. The Morgan fingerprint density at radius 3 is 2.71 bits per heavy atom.